The Bertz CT molecular complexity index is 651. The topological polar surface area (TPSA) is 26.3 Å². The molecule has 2 nitrogen and oxygen atoms in total. The fraction of sp³-hybridized carbons (Fsp3) is 0. The quantitative estimate of drug-likeness (QED) is 0.411. The lowest BCUT2D eigenvalue weighted by molar-refractivity contribution is -0.128. The summed E-state index contributed by atoms with van der Waals surface area (Å²) in [5.74, 6) is -0.176. The molecule has 0 bridgehead atoms. The highest BCUT2D eigenvalue weighted by Gasteiger charge is 2.05. The number of carbonyl (C=O) groups is 1. The molecule has 102 valence electrons. The second-order valence-corrected chi connectivity index (χ2v) is 5.64. The van der Waals surface area contributed by atoms with Gasteiger partial charge in [0.05, 0.1) is 5.02 Å². The summed E-state index contributed by atoms with van der Waals surface area (Å²) in [6.07, 6.45) is 2.98. The zero-order chi connectivity index (χ0) is 14.5. The van der Waals surface area contributed by atoms with Crippen LogP contribution in [0.15, 0.2) is 53.0 Å². The molecular weight excluding hydrogens is 363 g/mol. The van der Waals surface area contributed by atoms with E-state index < -0.39 is 5.97 Å². The lowest BCUT2D eigenvalue weighted by Crippen LogP contribution is -2.03. The second-order valence-electron chi connectivity index (χ2n) is 3.88. The van der Waals surface area contributed by atoms with E-state index >= 15 is 0 Å². The Hall–Kier alpha value is -1.29. The number of carbonyl (C=O) groups excluding carboxylic acids is 1. The predicted octanol–water partition coefficient (Wildman–Crippen LogP) is 5.37. The van der Waals surface area contributed by atoms with Gasteiger partial charge in [0, 0.05) is 15.6 Å². The van der Waals surface area contributed by atoms with Crippen molar-refractivity contribution in [3.63, 3.8) is 0 Å². The number of rotatable bonds is 3. The van der Waals surface area contributed by atoms with E-state index in [0.29, 0.717) is 15.8 Å². The molecule has 0 atom stereocenters. The summed E-state index contributed by atoms with van der Waals surface area (Å²) in [5.41, 5.74) is 0.855. The van der Waals surface area contributed by atoms with Crippen LogP contribution >= 0.6 is 39.1 Å². The molecule has 0 aliphatic carbocycles. The third-order valence-electron chi connectivity index (χ3n) is 2.39. The Morgan fingerprint density at radius 1 is 1.10 bits per heavy atom. The maximum absolute atomic E-state index is 11.7. The zero-order valence-corrected chi connectivity index (χ0v) is 13.2. The van der Waals surface area contributed by atoms with E-state index in [-0.39, 0.29) is 0 Å². The molecule has 2 aromatic rings. The number of esters is 1. The van der Waals surface area contributed by atoms with Crippen LogP contribution in [0.5, 0.6) is 5.75 Å². The Morgan fingerprint density at radius 3 is 2.45 bits per heavy atom. The van der Waals surface area contributed by atoms with Gasteiger partial charge in [0.2, 0.25) is 0 Å². The van der Waals surface area contributed by atoms with Gasteiger partial charge in [-0.1, -0.05) is 51.3 Å². The number of ether oxygens (including phenoxy) is 1. The van der Waals surface area contributed by atoms with Crippen molar-refractivity contribution in [3.8, 4) is 5.75 Å². The first-order valence-corrected chi connectivity index (χ1v) is 7.20. The van der Waals surface area contributed by atoms with Crippen LogP contribution in [0.1, 0.15) is 5.56 Å². The van der Waals surface area contributed by atoms with Gasteiger partial charge in [-0.3, -0.25) is 0 Å². The predicted molar refractivity (Wildman–Crippen MR) is 85.3 cm³/mol. The first kappa shape index (κ1) is 15.1. The van der Waals surface area contributed by atoms with E-state index in [4.69, 9.17) is 27.9 Å². The van der Waals surface area contributed by atoms with Gasteiger partial charge in [0.1, 0.15) is 5.75 Å². The Kier molecular flexibility index (Phi) is 5.24. The van der Waals surface area contributed by atoms with Gasteiger partial charge >= 0.3 is 5.97 Å². The standard InChI is InChI=1S/C15H9BrCl2O2/c16-11-4-7-14(13(18)9-11)20-15(19)8-3-10-1-5-12(17)6-2-10/h1-9H/b8-3+. The second kappa shape index (κ2) is 6.93. The summed E-state index contributed by atoms with van der Waals surface area (Å²) in [7, 11) is 0. The number of hydrogen-bond acceptors (Lipinski definition) is 2. The van der Waals surface area contributed by atoms with Gasteiger partial charge < -0.3 is 4.74 Å². The third-order valence-corrected chi connectivity index (χ3v) is 3.43. The molecule has 0 spiro atoms. The van der Waals surface area contributed by atoms with Crippen molar-refractivity contribution in [1.29, 1.82) is 0 Å². The Morgan fingerprint density at radius 2 is 1.80 bits per heavy atom. The SMILES string of the molecule is O=C(/C=C/c1ccc(Cl)cc1)Oc1ccc(Br)cc1Cl. The van der Waals surface area contributed by atoms with Gasteiger partial charge in [0.25, 0.3) is 0 Å². The van der Waals surface area contributed by atoms with Crippen LogP contribution in [0.25, 0.3) is 6.08 Å². The molecule has 0 unspecified atom stereocenters. The average Bonchev–Trinajstić information content (AvgIpc) is 2.41. The van der Waals surface area contributed by atoms with E-state index in [0.717, 1.165) is 10.0 Å². The van der Waals surface area contributed by atoms with Crippen LogP contribution < -0.4 is 4.74 Å². The van der Waals surface area contributed by atoms with Crippen LogP contribution in [0.4, 0.5) is 0 Å². The largest absolute Gasteiger partial charge is 0.422 e. The van der Waals surface area contributed by atoms with Crippen molar-refractivity contribution in [3.05, 3.63) is 68.6 Å². The fourth-order valence-corrected chi connectivity index (χ4v) is 2.28. The Labute approximate surface area is 135 Å². The average molecular weight is 372 g/mol. The molecule has 0 fully saturated rings. The van der Waals surface area contributed by atoms with Gasteiger partial charge in [-0.15, -0.1) is 0 Å². The minimum Gasteiger partial charge on any atom is -0.422 e. The van der Waals surface area contributed by atoms with Crippen molar-refractivity contribution < 1.29 is 9.53 Å². The zero-order valence-electron chi connectivity index (χ0n) is 10.1. The minimum atomic E-state index is -0.496. The van der Waals surface area contributed by atoms with Crippen molar-refractivity contribution in [1.82, 2.24) is 0 Å². The van der Waals surface area contributed by atoms with Crippen LogP contribution in [0.3, 0.4) is 0 Å². The summed E-state index contributed by atoms with van der Waals surface area (Å²) < 4.78 is 5.96. The molecular formula is C15H9BrCl2O2. The fourth-order valence-electron chi connectivity index (χ4n) is 1.44. The first-order chi connectivity index (χ1) is 9.54. The number of hydrogen-bond donors (Lipinski definition) is 0. The van der Waals surface area contributed by atoms with Gasteiger partial charge in [-0.25, -0.2) is 4.79 Å². The minimum absolute atomic E-state index is 0.320. The normalized spacial score (nSPS) is 10.8. The monoisotopic (exact) mass is 370 g/mol. The molecule has 0 heterocycles. The van der Waals surface area contributed by atoms with Crippen LogP contribution in [-0.2, 0) is 4.79 Å². The van der Waals surface area contributed by atoms with Gasteiger partial charge in [-0.05, 0) is 42.0 Å². The molecule has 2 rings (SSSR count). The van der Waals surface area contributed by atoms with E-state index in [2.05, 4.69) is 15.9 Å². The lowest BCUT2D eigenvalue weighted by atomic mass is 10.2. The summed E-state index contributed by atoms with van der Waals surface area (Å²) in [5, 5.41) is 1.01. The maximum atomic E-state index is 11.7. The molecule has 2 aromatic carbocycles. The number of halogens is 3. The molecule has 0 saturated heterocycles. The molecule has 0 radical (unpaired) electrons. The van der Waals surface area contributed by atoms with Crippen LogP contribution in [0.2, 0.25) is 10.0 Å². The van der Waals surface area contributed by atoms with Crippen molar-refractivity contribution in [2.75, 3.05) is 0 Å². The molecule has 20 heavy (non-hydrogen) atoms. The molecule has 5 heteroatoms. The highest BCUT2D eigenvalue weighted by molar-refractivity contribution is 9.10. The molecule has 0 amide bonds. The third kappa shape index (κ3) is 4.37. The summed E-state index contributed by atoms with van der Waals surface area (Å²) in [6.45, 7) is 0. The highest BCUT2D eigenvalue weighted by atomic mass is 79.9. The summed E-state index contributed by atoms with van der Waals surface area (Å²) in [4.78, 5) is 11.7. The molecule has 0 aromatic heterocycles. The van der Waals surface area contributed by atoms with E-state index in [9.17, 15) is 4.79 Å². The van der Waals surface area contributed by atoms with Crippen molar-refractivity contribution in [2.24, 2.45) is 0 Å². The van der Waals surface area contributed by atoms with E-state index in [1.54, 1.807) is 48.5 Å². The maximum Gasteiger partial charge on any atom is 0.336 e. The van der Waals surface area contributed by atoms with Crippen molar-refractivity contribution >= 4 is 51.2 Å². The van der Waals surface area contributed by atoms with Crippen LogP contribution in [-0.4, -0.2) is 5.97 Å². The number of benzene rings is 2. The molecule has 0 aliphatic heterocycles. The van der Waals surface area contributed by atoms with Crippen molar-refractivity contribution in [2.45, 2.75) is 0 Å². The van der Waals surface area contributed by atoms with Gasteiger partial charge in [-0.2, -0.15) is 0 Å². The molecule has 0 saturated carbocycles. The summed E-state index contributed by atoms with van der Waals surface area (Å²) in [6, 6.07) is 12.1. The molecule has 0 N–H and O–H groups in total. The first-order valence-electron chi connectivity index (χ1n) is 5.65. The molecule has 0 aliphatic rings. The van der Waals surface area contributed by atoms with Crippen LogP contribution in [0, 0.1) is 0 Å². The van der Waals surface area contributed by atoms with Gasteiger partial charge in [0.15, 0.2) is 0 Å². The smallest absolute Gasteiger partial charge is 0.336 e. The van der Waals surface area contributed by atoms with E-state index in [1.807, 2.05) is 0 Å². The van der Waals surface area contributed by atoms with E-state index in [1.165, 1.54) is 6.08 Å². The Balaban J connectivity index is 2.03. The summed E-state index contributed by atoms with van der Waals surface area (Å²) >= 11 is 15.0. The lowest BCUT2D eigenvalue weighted by Gasteiger charge is -2.03. The highest BCUT2D eigenvalue weighted by Crippen LogP contribution is 2.27.